The Kier molecular flexibility index (Phi) is 7.31. The van der Waals surface area contributed by atoms with E-state index in [-0.39, 0.29) is 39.6 Å². The molecule has 0 radical (unpaired) electrons. The number of nitrogens with zero attached hydrogens (tertiary/aromatic N) is 6. The SMILES string of the molecule is CC(C)c1ccc(-c2c(C#N)c(N)nc(SC/C([O-])=N\c3c[n+](C(C)C)no3)c2C#N)cc1. The minimum absolute atomic E-state index is 0.000432. The zero-order valence-corrected chi connectivity index (χ0v) is 19.6. The summed E-state index contributed by atoms with van der Waals surface area (Å²) in [4.78, 5) is 8.11. The van der Waals surface area contributed by atoms with Gasteiger partial charge in [0.15, 0.2) is 6.04 Å². The molecule has 1 aromatic carbocycles. The summed E-state index contributed by atoms with van der Waals surface area (Å²) in [7, 11) is 0. The molecular weight excluding hydrogens is 438 g/mol. The topological polar surface area (TPSA) is 152 Å². The Bertz CT molecular complexity index is 1270. The van der Waals surface area contributed by atoms with Gasteiger partial charge in [0, 0.05) is 11.3 Å². The number of hydrogen-bond donors (Lipinski definition) is 1. The van der Waals surface area contributed by atoms with Crippen LogP contribution in [0.5, 0.6) is 0 Å². The summed E-state index contributed by atoms with van der Waals surface area (Å²) >= 11 is 1.03. The maximum atomic E-state index is 12.3. The van der Waals surface area contributed by atoms with Crippen LogP contribution in [0.2, 0.25) is 0 Å². The van der Waals surface area contributed by atoms with E-state index in [0.717, 1.165) is 17.3 Å². The first kappa shape index (κ1) is 23.8. The molecule has 3 aromatic rings. The largest absolute Gasteiger partial charge is 0.861 e. The van der Waals surface area contributed by atoms with Crippen LogP contribution in [0.3, 0.4) is 0 Å². The predicted octanol–water partition coefficient (Wildman–Crippen LogP) is 3.24. The highest BCUT2D eigenvalue weighted by molar-refractivity contribution is 8.00. The average Bonchev–Trinajstić information content (AvgIpc) is 3.26. The van der Waals surface area contributed by atoms with E-state index in [4.69, 9.17) is 10.3 Å². The van der Waals surface area contributed by atoms with Crippen LogP contribution in [0, 0.1) is 22.7 Å². The highest BCUT2D eigenvalue weighted by Gasteiger charge is 2.21. The molecule has 0 aliphatic carbocycles. The van der Waals surface area contributed by atoms with Crippen molar-refractivity contribution >= 4 is 29.4 Å². The van der Waals surface area contributed by atoms with Gasteiger partial charge in [0.05, 0.1) is 5.56 Å². The molecule has 0 saturated carbocycles. The monoisotopic (exact) mass is 461 g/mol. The summed E-state index contributed by atoms with van der Waals surface area (Å²) in [6, 6.07) is 11.9. The number of nitrogen functional groups attached to an aromatic ring is 1. The molecule has 0 unspecified atom stereocenters. The van der Waals surface area contributed by atoms with Gasteiger partial charge in [-0.1, -0.05) is 49.9 Å². The van der Waals surface area contributed by atoms with E-state index >= 15 is 0 Å². The van der Waals surface area contributed by atoms with Gasteiger partial charge in [-0.2, -0.15) is 10.5 Å². The summed E-state index contributed by atoms with van der Waals surface area (Å²) in [5.74, 6) is -0.148. The zero-order chi connectivity index (χ0) is 24.1. The van der Waals surface area contributed by atoms with Crippen molar-refractivity contribution in [1.82, 2.24) is 10.3 Å². The number of aliphatic imine (C=N–C) groups is 1. The first-order valence-corrected chi connectivity index (χ1v) is 11.2. The molecule has 2 heterocycles. The fourth-order valence-corrected chi connectivity index (χ4v) is 3.83. The van der Waals surface area contributed by atoms with Gasteiger partial charge in [0.2, 0.25) is 5.27 Å². The Morgan fingerprint density at radius 1 is 1.18 bits per heavy atom. The fraction of sp³-hybridized carbons (Fsp3) is 0.304. The summed E-state index contributed by atoms with van der Waals surface area (Å²) in [5, 5.41) is 35.9. The molecule has 0 amide bonds. The smallest absolute Gasteiger partial charge is 0.320 e. The number of hydrogen-bond acceptors (Lipinski definition) is 9. The Morgan fingerprint density at radius 2 is 1.85 bits per heavy atom. The van der Waals surface area contributed by atoms with E-state index in [0.29, 0.717) is 17.0 Å². The zero-order valence-electron chi connectivity index (χ0n) is 18.7. The van der Waals surface area contributed by atoms with E-state index in [1.54, 1.807) is 4.68 Å². The molecule has 9 nitrogen and oxygen atoms in total. The van der Waals surface area contributed by atoms with Crippen LogP contribution in [-0.4, -0.2) is 21.9 Å². The Morgan fingerprint density at radius 3 is 2.39 bits per heavy atom. The van der Waals surface area contributed by atoms with Crippen molar-refractivity contribution in [3.8, 4) is 23.3 Å². The number of pyridine rings is 1. The van der Waals surface area contributed by atoms with E-state index in [9.17, 15) is 15.6 Å². The lowest BCUT2D eigenvalue weighted by molar-refractivity contribution is -0.779. The maximum Gasteiger partial charge on any atom is 0.320 e. The van der Waals surface area contributed by atoms with E-state index < -0.39 is 5.90 Å². The number of nitriles is 2. The van der Waals surface area contributed by atoms with Crippen molar-refractivity contribution in [2.24, 2.45) is 4.99 Å². The van der Waals surface area contributed by atoms with Gasteiger partial charge in [0.1, 0.15) is 28.5 Å². The van der Waals surface area contributed by atoms with Crippen LogP contribution in [0.4, 0.5) is 11.7 Å². The summed E-state index contributed by atoms with van der Waals surface area (Å²) in [5.41, 5.74) is 8.57. The highest BCUT2D eigenvalue weighted by atomic mass is 32.2. The van der Waals surface area contributed by atoms with Gasteiger partial charge in [-0.25, -0.2) is 9.98 Å². The van der Waals surface area contributed by atoms with Gasteiger partial charge in [-0.3, -0.25) is 4.52 Å². The molecule has 0 aliphatic rings. The van der Waals surface area contributed by atoms with E-state index in [1.165, 1.54) is 6.20 Å². The van der Waals surface area contributed by atoms with Crippen LogP contribution in [0.25, 0.3) is 11.1 Å². The molecule has 0 saturated heterocycles. The maximum absolute atomic E-state index is 12.3. The molecule has 2 N–H and O–H groups in total. The molecule has 168 valence electrons. The van der Waals surface area contributed by atoms with Crippen LogP contribution >= 0.6 is 11.8 Å². The molecule has 0 bridgehead atoms. The second-order valence-corrected chi connectivity index (χ2v) is 8.80. The molecule has 3 rings (SSSR count). The van der Waals surface area contributed by atoms with E-state index in [2.05, 4.69) is 41.2 Å². The minimum Gasteiger partial charge on any atom is -0.861 e. The molecule has 0 spiro atoms. The number of rotatable bonds is 7. The normalized spacial score (nSPS) is 11.6. The molecule has 0 aliphatic heterocycles. The second kappa shape index (κ2) is 10.2. The number of benzene rings is 1. The predicted molar refractivity (Wildman–Crippen MR) is 123 cm³/mol. The third-order valence-corrected chi connectivity index (χ3v) is 5.81. The number of anilines is 1. The molecule has 2 aromatic heterocycles. The fourth-order valence-electron chi connectivity index (χ4n) is 3.05. The third kappa shape index (κ3) is 5.30. The molecule has 33 heavy (non-hydrogen) atoms. The van der Waals surface area contributed by atoms with Crippen LogP contribution < -0.4 is 15.5 Å². The first-order chi connectivity index (χ1) is 15.7. The Labute approximate surface area is 196 Å². The summed E-state index contributed by atoms with van der Waals surface area (Å²) < 4.78 is 6.59. The standard InChI is InChI=1S/C23H23N7O2S/c1-13(2)15-5-7-16(8-6-15)21-17(9-24)22(26)28-23(18(21)10-25)33-12-19(31)27-20-11-30(14(3)4)29-32-20/h5-8,11,13-14H,12H2,1-4H3,(H2-,26,27,28,29,31). The minimum atomic E-state index is -0.483. The molecule has 10 heteroatoms. The van der Waals surface area contributed by atoms with Crippen molar-refractivity contribution in [1.29, 1.82) is 10.5 Å². The second-order valence-electron chi connectivity index (χ2n) is 7.84. The van der Waals surface area contributed by atoms with Gasteiger partial charge < -0.3 is 10.8 Å². The summed E-state index contributed by atoms with van der Waals surface area (Å²) in [6.45, 7) is 8.00. The van der Waals surface area contributed by atoms with Crippen molar-refractivity contribution < 1.29 is 14.3 Å². The molecule has 0 atom stereocenters. The van der Waals surface area contributed by atoms with Gasteiger partial charge >= 0.3 is 5.88 Å². The van der Waals surface area contributed by atoms with Gasteiger partial charge in [0.25, 0.3) is 6.20 Å². The molecule has 0 fully saturated rings. The Hall–Kier alpha value is -3.89. The average molecular weight is 462 g/mol. The van der Waals surface area contributed by atoms with Crippen LogP contribution in [0.1, 0.15) is 56.3 Å². The van der Waals surface area contributed by atoms with Crippen LogP contribution in [-0.2, 0) is 0 Å². The highest BCUT2D eigenvalue weighted by Crippen LogP contribution is 2.36. The lowest BCUT2D eigenvalue weighted by atomic mass is 9.94. The quantitative estimate of drug-likeness (QED) is 0.244. The van der Waals surface area contributed by atoms with Crippen molar-refractivity contribution in [2.45, 2.75) is 44.7 Å². The van der Waals surface area contributed by atoms with Gasteiger partial charge in [-0.15, -0.1) is 0 Å². The number of nitrogens with two attached hydrogens (primary N) is 1. The van der Waals surface area contributed by atoms with Crippen molar-refractivity contribution in [2.75, 3.05) is 11.5 Å². The number of aromatic nitrogens is 3. The number of thioether (sulfide) groups is 1. The molecular formula is C23H23N7O2S. The lowest BCUT2D eigenvalue weighted by Gasteiger charge is -2.15. The first-order valence-electron chi connectivity index (χ1n) is 10.2. The Balaban J connectivity index is 1.95. The van der Waals surface area contributed by atoms with E-state index in [1.807, 2.05) is 38.1 Å². The third-order valence-electron chi connectivity index (χ3n) is 4.85. The summed E-state index contributed by atoms with van der Waals surface area (Å²) in [6.07, 6.45) is 1.53. The lowest BCUT2D eigenvalue weighted by Crippen LogP contribution is -2.36. The van der Waals surface area contributed by atoms with Gasteiger partial charge in [-0.05, 0) is 41.5 Å². The van der Waals surface area contributed by atoms with Crippen molar-refractivity contribution in [3.05, 3.63) is 47.2 Å². The van der Waals surface area contributed by atoms with Crippen LogP contribution in [0.15, 0.2) is 45.0 Å². The van der Waals surface area contributed by atoms with Crippen molar-refractivity contribution in [3.63, 3.8) is 0 Å².